The molecule has 0 unspecified atom stereocenters. The predicted octanol–water partition coefficient (Wildman–Crippen LogP) is 1.18. The highest BCUT2D eigenvalue weighted by molar-refractivity contribution is 6.33. The summed E-state index contributed by atoms with van der Waals surface area (Å²) in [5.41, 5.74) is 0.106. The highest BCUT2D eigenvalue weighted by atomic mass is 35.5. The molecule has 0 bridgehead atoms. The van der Waals surface area contributed by atoms with E-state index < -0.39 is 11.7 Å². The maximum Gasteiger partial charge on any atom is 0.407 e. The molecule has 1 atom stereocenters. The molecule has 2 aliphatic rings. The zero-order chi connectivity index (χ0) is 19.4. The molecule has 27 heavy (non-hydrogen) atoms. The minimum Gasteiger partial charge on any atom is -0.444 e. The SMILES string of the molecule is CC(=O)NC1CCC(NC(=O)O[C@@H]2CCN(c3cn[nH]c(=O)c3Cl)C2)CC1. The summed E-state index contributed by atoms with van der Waals surface area (Å²) < 4.78 is 5.52. The van der Waals surface area contributed by atoms with Crippen molar-refractivity contribution < 1.29 is 14.3 Å². The molecule has 10 heteroatoms. The first-order valence-electron chi connectivity index (χ1n) is 9.14. The van der Waals surface area contributed by atoms with Crippen LogP contribution >= 0.6 is 11.6 Å². The second-order valence-corrected chi connectivity index (χ2v) is 7.43. The van der Waals surface area contributed by atoms with Gasteiger partial charge in [-0.25, -0.2) is 9.89 Å². The summed E-state index contributed by atoms with van der Waals surface area (Å²) >= 11 is 6.03. The molecule has 0 aromatic carbocycles. The van der Waals surface area contributed by atoms with Gasteiger partial charge in [0.25, 0.3) is 5.56 Å². The smallest absolute Gasteiger partial charge is 0.407 e. The van der Waals surface area contributed by atoms with Crippen molar-refractivity contribution >= 4 is 29.3 Å². The van der Waals surface area contributed by atoms with Gasteiger partial charge in [-0.05, 0) is 25.7 Å². The van der Waals surface area contributed by atoms with E-state index in [9.17, 15) is 14.4 Å². The molecule has 1 saturated carbocycles. The van der Waals surface area contributed by atoms with E-state index in [2.05, 4.69) is 20.8 Å². The maximum atomic E-state index is 12.2. The Morgan fingerprint density at radius 3 is 2.56 bits per heavy atom. The molecule has 2 fully saturated rings. The Kier molecular flexibility index (Phi) is 6.20. The summed E-state index contributed by atoms with van der Waals surface area (Å²) in [7, 11) is 0. The monoisotopic (exact) mass is 397 g/mol. The number of ether oxygens (including phenoxy) is 1. The second kappa shape index (κ2) is 8.60. The van der Waals surface area contributed by atoms with E-state index >= 15 is 0 Å². The molecule has 1 saturated heterocycles. The molecular formula is C17H24ClN5O4. The van der Waals surface area contributed by atoms with Gasteiger partial charge in [-0.1, -0.05) is 11.6 Å². The van der Waals surface area contributed by atoms with Gasteiger partial charge in [-0.3, -0.25) is 9.59 Å². The number of rotatable bonds is 4. The van der Waals surface area contributed by atoms with Gasteiger partial charge < -0.3 is 20.3 Å². The van der Waals surface area contributed by atoms with Gasteiger partial charge in [0.15, 0.2) is 0 Å². The number of hydrogen-bond donors (Lipinski definition) is 3. The van der Waals surface area contributed by atoms with Crippen LogP contribution in [0.2, 0.25) is 5.02 Å². The Morgan fingerprint density at radius 2 is 1.89 bits per heavy atom. The number of aromatic amines is 1. The van der Waals surface area contributed by atoms with Crippen LogP contribution in [0.5, 0.6) is 0 Å². The lowest BCUT2D eigenvalue weighted by atomic mass is 9.91. The van der Waals surface area contributed by atoms with Crippen molar-refractivity contribution in [3.8, 4) is 0 Å². The van der Waals surface area contributed by atoms with E-state index in [-0.39, 0.29) is 29.1 Å². The first-order valence-corrected chi connectivity index (χ1v) is 9.52. The zero-order valence-corrected chi connectivity index (χ0v) is 15.9. The molecule has 1 aliphatic heterocycles. The van der Waals surface area contributed by atoms with Crippen LogP contribution in [-0.2, 0) is 9.53 Å². The number of amides is 2. The lowest BCUT2D eigenvalue weighted by Crippen LogP contribution is -2.44. The van der Waals surface area contributed by atoms with Gasteiger partial charge in [0.1, 0.15) is 11.1 Å². The quantitative estimate of drug-likeness (QED) is 0.702. The molecule has 0 spiro atoms. The first kappa shape index (κ1) is 19.5. The summed E-state index contributed by atoms with van der Waals surface area (Å²) in [6.45, 7) is 2.61. The van der Waals surface area contributed by atoms with Crippen LogP contribution in [0.4, 0.5) is 10.5 Å². The molecule has 3 N–H and O–H groups in total. The third kappa shape index (κ3) is 5.12. The number of nitrogens with one attached hydrogen (secondary N) is 3. The van der Waals surface area contributed by atoms with Gasteiger partial charge in [0.05, 0.1) is 18.4 Å². The average molecular weight is 398 g/mol. The maximum absolute atomic E-state index is 12.2. The number of halogens is 1. The van der Waals surface area contributed by atoms with Crippen LogP contribution < -0.4 is 21.1 Å². The van der Waals surface area contributed by atoms with E-state index in [0.717, 1.165) is 25.7 Å². The molecule has 9 nitrogen and oxygen atoms in total. The number of carbonyl (C=O) groups is 2. The standard InChI is InChI=1S/C17H24ClN5O4/c1-10(24)20-11-2-4-12(5-3-11)21-17(26)27-13-6-7-23(9-13)14-8-19-22-16(25)15(14)18/h8,11-13H,2-7,9H2,1H3,(H,20,24)(H,21,26)(H,22,25)/t11?,12?,13-/m1/s1. The second-order valence-electron chi connectivity index (χ2n) is 7.05. The largest absolute Gasteiger partial charge is 0.444 e. The summed E-state index contributed by atoms with van der Waals surface area (Å²) in [6.07, 6.45) is 4.77. The van der Waals surface area contributed by atoms with Crippen molar-refractivity contribution in [2.45, 2.75) is 57.2 Å². The molecule has 1 aromatic rings. The van der Waals surface area contributed by atoms with Crippen molar-refractivity contribution in [1.29, 1.82) is 0 Å². The number of hydrogen-bond acceptors (Lipinski definition) is 6. The predicted molar refractivity (Wildman–Crippen MR) is 100.0 cm³/mol. The third-order valence-corrected chi connectivity index (χ3v) is 5.36. The fourth-order valence-electron chi connectivity index (χ4n) is 3.66. The van der Waals surface area contributed by atoms with Gasteiger partial charge in [0.2, 0.25) is 5.91 Å². The number of alkyl carbamates (subject to hydrolysis) is 1. The average Bonchev–Trinajstić information content (AvgIpc) is 3.06. The van der Waals surface area contributed by atoms with E-state index in [1.807, 2.05) is 4.90 Å². The van der Waals surface area contributed by atoms with E-state index in [1.165, 1.54) is 13.1 Å². The number of nitrogens with zero attached hydrogens (tertiary/aromatic N) is 2. The van der Waals surface area contributed by atoms with Gasteiger partial charge >= 0.3 is 6.09 Å². The Bertz CT molecular complexity index is 747. The fourth-order valence-corrected chi connectivity index (χ4v) is 3.87. The Morgan fingerprint density at radius 1 is 1.22 bits per heavy atom. The van der Waals surface area contributed by atoms with Gasteiger partial charge in [0, 0.05) is 32.0 Å². The number of anilines is 1. The van der Waals surface area contributed by atoms with E-state index in [4.69, 9.17) is 16.3 Å². The lowest BCUT2D eigenvalue weighted by molar-refractivity contribution is -0.119. The molecule has 1 aromatic heterocycles. The summed E-state index contributed by atoms with van der Waals surface area (Å²) in [5.74, 6) is -0.0210. The van der Waals surface area contributed by atoms with Crippen LogP contribution in [0.3, 0.4) is 0 Å². The Balaban J connectivity index is 1.44. The summed E-state index contributed by atoms with van der Waals surface area (Å²) in [5, 5.41) is 12.0. The minimum absolute atomic E-state index is 0.0210. The topological polar surface area (TPSA) is 116 Å². The molecule has 3 rings (SSSR count). The summed E-state index contributed by atoms with van der Waals surface area (Å²) in [6, 6.07) is 0.249. The van der Waals surface area contributed by atoms with E-state index in [1.54, 1.807) is 0 Å². The van der Waals surface area contributed by atoms with Crippen LogP contribution in [0.1, 0.15) is 39.0 Å². The van der Waals surface area contributed by atoms with Crippen molar-refractivity contribution in [2.24, 2.45) is 0 Å². The highest BCUT2D eigenvalue weighted by Crippen LogP contribution is 2.26. The Labute approximate surface area is 161 Å². The van der Waals surface area contributed by atoms with Crippen LogP contribution in [-0.4, -0.2) is 53.5 Å². The molecule has 0 radical (unpaired) electrons. The third-order valence-electron chi connectivity index (χ3n) is 4.99. The van der Waals surface area contributed by atoms with Crippen LogP contribution in [0.15, 0.2) is 11.0 Å². The molecular weight excluding hydrogens is 374 g/mol. The van der Waals surface area contributed by atoms with Crippen LogP contribution in [0.25, 0.3) is 0 Å². The molecule has 1 aliphatic carbocycles. The molecule has 2 heterocycles. The van der Waals surface area contributed by atoms with Crippen LogP contribution in [0, 0.1) is 0 Å². The van der Waals surface area contributed by atoms with Crippen molar-refractivity contribution in [3.63, 3.8) is 0 Å². The normalized spacial score (nSPS) is 25.1. The number of carbonyl (C=O) groups excluding carboxylic acids is 2. The molecule has 2 amide bonds. The first-order chi connectivity index (χ1) is 12.9. The van der Waals surface area contributed by atoms with Gasteiger partial charge in [-0.15, -0.1) is 0 Å². The lowest BCUT2D eigenvalue weighted by Gasteiger charge is -2.29. The molecule has 148 valence electrons. The fraction of sp³-hybridized carbons (Fsp3) is 0.647. The van der Waals surface area contributed by atoms with Crippen molar-refractivity contribution in [3.05, 3.63) is 21.6 Å². The van der Waals surface area contributed by atoms with Gasteiger partial charge in [-0.2, -0.15) is 5.10 Å². The number of H-pyrrole nitrogens is 1. The number of aromatic nitrogens is 2. The zero-order valence-electron chi connectivity index (χ0n) is 15.2. The minimum atomic E-state index is -0.439. The van der Waals surface area contributed by atoms with E-state index in [0.29, 0.717) is 25.2 Å². The summed E-state index contributed by atoms with van der Waals surface area (Å²) in [4.78, 5) is 36.7. The Hall–Kier alpha value is -2.29. The highest BCUT2D eigenvalue weighted by Gasteiger charge is 2.29. The van der Waals surface area contributed by atoms with Crippen molar-refractivity contribution in [1.82, 2.24) is 20.8 Å². The van der Waals surface area contributed by atoms with Crippen molar-refractivity contribution in [2.75, 3.05) is 18.0 Å².